The van der Waals surface area contributed by atoms with Gasteiger partial charge >= 0.3 is 0 Å². The molecular weight excluding hydrogens is 288 g/mol. The lowest BCUT2D eigenvalue weighted by Gasteiger charge is -2.38. The first-order valence-corrected chi connectivity index (χ1v) is 7.63. The molecule has 21 heavy (non-hydrogen) atoms. The van der Waals surface area contributed by atoms with Gasteiger partial charge in [-0.05, 0) is 30.5 Å². The molecule has 2 unspecified atom stereocenters. The average molecular weight is 309 g/mol. The Bertz CT molecular complexity index is 516. The third-order valence-corrected chi connectivity index (χ3v) is 4.35. The molecule has 2 rings (SSSR count). The normalized spacial score (nSPS) is 26.0. The molecule has 4 nitrogen and oxygen atoms in total. The van der Waals surface area contributed by atoms with Crippen molar-refractivity contribution in [3.8, 4) is 0 Å². The number of hydrogen-bond donors (Lipinski definition) is 2. The van der Waals surface area contributed by atoms with E-state index in [2.05, 4.69) is 10.3 Å². The van der Waals surface area contributed by atoms with Gasteiger partial charge in [-0.1, -0.05) is 37.4 Å². The van der Waals surface area contributed by atoms with E-state index in [-0.39, 0.29) is 17.4 Å². The molecule has 1 aromatic heterocycles. The summed E-state index contributed by atoms with van der Waals surface area (Å²) in [5.74, 6) is -0.163. The summed E-state index contributed by atoms with van der Waals surface area (Å²) in [5.41, 5.74) is 0.599. The Morgan fingerprint density at radius 1 is 1.57 bits per heavy atom. The molecule has 0 spiro atoms. The van der Waals surface area contributed by atoms with Gasteiger partial charge in [0, 0.05) is 24.2 Å². The first-order valence-electron chi connectivity index (χ1n) is 7.25. The summed E-state index contributed by atoms with van der Waals surface area (Å²) in [4.78, 5) is 15.8. The van der Waals surface area contributed by atoms with Crippen molar-refractivity contribution in [1.82, 2.24) is 10.3 Å². The van der Waals surface area contributed by atoms with Crippen molar-refractivity contribution >= 4 is 23.6 Å². The Hall–Kier alpha value is -1.39. The zero-order valence-corrected chi connectivity index (χ0v) is 12.9. The smallest absolute Gasteiger partial charge is 0.244 e. The Labute approximate surface area is 130 Å². The van der Waals surface area contributed by atoms with Crippen LogP contribution >= 0.6 is 11.6 Å². The molecule has 1 aromatic rings. The van der Waals surface area contributed by atoms with E-state index in [0.717, 1.165) is 31.2 Å². The fourth-order valence-electron chi connectivity index (χ4n) is 2.59. The third-order valence-electron chi connectivity index (χ3n) is 4.12. The lowest BCUT2D eigenvalue weighted by atomic mass is 9.73. The SMILES string of the molecule is CC1(CNC(=O)/C=C/c2ccc(Cl)nc2)CCCCC1O. The van der Waals surface area contributed by atoms with Crippen LogP contribution in [0.4, 0.5) is 0 Å². The molecule has 1 aliphatic carbocycles. The van der Waals surface area contributed by atoms with Gasteiger partial charge in [-0.3, -0.25) is 4.79 Å². The van der Waals surface area contributed by atoms with Gasteiger partial charge in [-0.15, -0.1) is 0 Å². The summed E-state index contributed by atoms with van der Waals surface area (Å²) in [5, 5.41) is 13.4. The summed E-state index contributed by atoms with van der Waals surface area (Å²) in [6, 6.07) is 3.48. The van der Waals surface area contributed by atoms with Crippen molar-refractivity contribution in [3.63, 3.8) is 0 Å². The van der Waals surface area contributed by atoms with Crippen LogP contribution in [-0.4, -0.2) is 28.6 Å². The summed E-state index contributed by atoms with van der Waals surface area (Å²) < 4.78 is 0. The zero-order valence-electron chi connectivity index (χ0n) is 12.2. The van der Waals surface area contributed by atoms with Crippen LogP contribution in [0.5, 0.6) is 0 Å². The van der Waals surface area contributed by atoms with Crippen molar-refractivity contribution in [3.05, 3.63) is 35.1 Å². The fraction of sp³-hybridized carbons (Fsp3) is 0.500. The minimum absolute atomic E-state index is 0.163. The first kappa shape index (κ1) is 16.0. The molecule has 114 valence electrons. The molecular formula is C16H21ClN2O2. The van der Waals surface area contributed by atoms with Gasteiger partial charge in [0.15, 0.2) is 0 Å². The monoisotopic (exact) mass is 308 g/mol. The van der Waals surface area contributed by atoms with Crippen LogP contribution < -0.4 is 5.32 Å². The van der Waals surface area contributed by atoms with Gasteiger partial charge in [0.2, 0.25) is 5.91 Å². The van der Waals surface area contributed by atoms with Crippen molar-refractivity contribution < 1.29 is 9.90 Å². The second kappa shape index (κ2) is 7.05. The van der Waals surface area contributed by atoms with E-state index < -0.39 is 0 Å². The van der Waals surface area contributed by atoms with Crippen molar-refractivity contribution in [2.24, 2.45) is 5.41 Å². The van der Waals surface area contributed by atoms with E-state index in [4.69, 9.17) is 11.6 Å². The van der Waals surface area contributed by atoms with E-state index >= 15 is 0 Å². The topological polar surface area (TPSA) is 62.2 Å². The van der Waals surface area contributed by atoms with Crippen LogP contribution in [0, 0.1) is 5.41 Å². The maximum Gasteiger partial charge on any atom is 0.244 e. The second-order valence-corrected chi connectivity index (χ2v) is 6.27. The van der Waals surface area contributed by atoms with Gasteiger partial charge in [-0.25, -0.2) is 4.98 Å². The fourth-order valence-corrected chi connectivity index (χ4v) is 2.71. The number of aromatic nitrogens is 1. The number of aliphatic hydroxyl groups excluding tert-OH is 1. The van der Waals surface area contributed by atoms with Gasteiger partial charge in [0.1, 0.15) is 5.15 Å². The van der Waals surface area contributed by atoms with E-state index in [0.29, 0.717) is 11.7 Å². The number of nitrogens with zero attached hydrogens (tertiary/aromatic N) is 1. The quantitative estimate of drug-likeness (QED) is 0.664. The van der Waals surface area contributed by atoms with Crippen LogP contribution in [0.25, 0.3) is 6.08 Å². The Balaban J connectivity index is 1.85. The molecule has 1 fully saturated rings. The van der Waals surface area contributed by atoms with Crippen molar-refractivity contribution in [1.29, 1.82) is 0 Å². The lowest BCUT2D eigenvalue weighted by Crippen LogP contribution is -2.44. The van der Waals surface area contributed by atoms with Crippen LogP contribution in [-0.2, 0) is 4.79 Å². The molecule has 0 aromatic carbocycles. The van der Waals surface area contributed by atoms with Crippen LogP contribution in [0.3, 0.4) is 0 Å². The largest absolute Gasteiger partial charge is 0.392 e. The minimum Gasteiger partial charge on any atom is -0.392 e. The molecule has 1 aliphatic rings. The predicted octanol–water partition coefficient (Wildman–Crippen LogP) is 2.81. The maximum atomic E-state index is 11.8. The number of halogens is 1. The molecule has 2 N–H and O–H groups in total. The Morgan fingerprint density at radius 2 is 2.38 bits per heavy atom. The molecule has 5 heteroatoms. The number of amides is 1. The Kier molecular flexibility index (Phi) is 5.37. The number of aliphatic hydroxyl groups is 1. The summed E-state index contributed by atoms with van der Waals surface area (Å²) in [7, 11) is 0. The molecule has 1 amide bonds. The number of nitrogens with one attached hydrogen (secondary N) is 1. The predicted molar refractivity (Wildman–Crippen MR) is 83.9 cm³/mol. The van der Waals surface area contributed by atoms with E-state index in [1.54, 1.807) is 24.4 Å². The van der Waals surface area contributed by atoms with Gasteiger partial charge in [-0.2, -0.15) is 0 Å². The van der Waals surface area contributed by atoms with Gasteiger partial charge in [0.05, 0.1) is 6.10 Å². The third kappa shape index (κ3) is 4.55. The van der Waals surface area contributed by atoms with Crippen LogP contribution in [0.1, 0.15) is 38.2 Å². The highest BCUT2D eigenvalue weighted by molar-refractivity contribution is 6.29. The molecule has 1 heterocycles. The Morgan fingerprint density at radius 3 is 3.05 bits per heavy atom. The van der Waals surface area contributed by atoms with Gasteiger partial charge in [0.25, 0.3) is 0 Å². The minimum atomic E-state index is -0.337. The molecule has 0 aliphatic heterocycles. The maximum absolute atomic E-state index is 11.8. The number of pyridine rings is 1. The van der Waals surface area contributed by atoms with Gasteiger partial charge < -0.3 is 10.4 Å². The second-order valence-electron chi connectivity index (χ2n) is 5.88. The number of hydrogen-bond acceptors (Lipinski definition) is 3. The number of carbonyl (C=O) groups excluding carboxylic acids is 1. The highest BCUT2D eigenvalue weighted by atomic mass is 35.5. The molecule has 0 radical (unpaired) electrons. The van der Waals surface area contributed by atoms with Crippen LogP contribution in [0.15, 0.2) is 24.4 Å². The lowest BCUT2D eigenvalue weighted by molar-refractivity contribution is -0.117. The molecule has 0 bridgehead atoms. The van der Waals surface area contributed by atoms with Crippen molar-refractivity contribution in [2.75, 3.05) is 6.54 Å². The highest BCUT2D eigenvalue weighted by Gasteiger charge is 2.35. The molecule has 2 atom stereocenters. The standard InChI is InChI=1S/C16H21ClN2O2/c1-16(9-3-2-4-13(16)20)11-19-15(21)8-6-12-5-7-14(17)18-10-12/h5-8,10,13,20H,2-4,9,11H2,1H3,(H,19,21)/b8-6+. The molecule has 1 saturated carbocycles. The van der Waals surface area contributed by atoms with Crippen molar-refractivity contribution in [2.45, 2.75) is 38.7 Å². The first-order chi connectivity index (χ1) is 9.99. The molecule has 0 saturated heterocycles. The number of carbonyl (C=O) groups is 1. The van der Waals surface area contributed by atoms with E-state index in [1.165, 1.54) is 6.08 Å². The average Bonchev–Trinajstić information content (AvgIpc) is 2.48. The van der Waals surface area contributed by atoms with E-state index in [1.807, 2.05) is 6.92 Å². The number of rotatable bonds is 4. The summed E-state index contributed by atoms with van der Waals surface area (Å²) >= 11 is 5.70. The zero-order chi connectivity index (χ0) is 15.3. The van der Waals surface area contributed by atoms with Crippen LogP contribution in [0.2, 0.25) is 5.15 Å². The summed E-state index contributed by atoms with van der Waals surface area (Å²) in [6.07, 6.45) is 8.37. The summed E-state index contributed by atoms with van der Waals surface area (Å²) in [6.45, 7) is 2.53. The van der Waals surface area contributed by atoms with E-state index in [9.17, 15) is 9.90 Å². The highest BCUT2D eigenvalue weighted by Crippen LogP contribution is 2.35.